The number of aliphatic hydroxyl groups excluding tert-OH is 1. The van der Waals surface area contributed by atoms with Crippen molar-refractivity contribution in [3.05, 3.63) is 177 Å². The number of aryl methyl sites for hydroxylation is 2. The number of hydrogen-bond donors (Lipinski definition) is 4. The lowest BCUT2D eigenvalue weighted by Gasteiger charge is -2.42. The zero-order valence-electron chi connectivity index (χ0n) is 38.4. The molecule has 2 heterocycles. The molecule has 2 fully saturated rings. The molecule has 6 aromatic rings. The van der Waals surface area contributed by atoms with Gasteiger partial charge in [-0.15, -0.1) is 0 Å². The van der Waals surface area contributed by atoms with Crippen LogP contribution in [-0.4, -0.2) is 58.7 Å². The first-order chi connectivity index (χ1) is 32.3. The predicted octanol–water partition coefficient (Wildman–Crippen LogP) is 9.97. The van der Waals surface area contributed by atoms with E-state index in [1.54, 1.807) is 24.3 Å². The summed E-state index contributed by atoms with van der Waals surface area (Å²) in [6.45, 7) is 6.92. The molecule has 4 N–H and O–H groups in total. The van der Waals surface area contributed by atoms with Crippen molar-refractivity contribution in [2.75, 3.05) is 6.54 Å². The number of hydrogen-bond acceptors (Lipinski definition) is 7. The fraction of sp³-hybridized carbons (Fsp3) is 0.364. The molecular weight excluding hydrogens is 849 g/mol. The molecule has 4 aromatic carbocycles. The number of aliphatic hydroxyl groups is 3. The van der Waals surface area contributed by atoms with Crippen LogP contribution in [0.25, 0.3) is 23.5 Å². The second-order valence-corrected chi connectivity index (χ2v) is 19.1. The van der Waals surface area contributed by atoms with Gasteiger partial charge in [-0.05, 0) is 165 Å². The maximum absolute atomic E-state index is 13.4. The van der Waals surface area contributed by atoms with Crippen LogP contribution in [0.4, 0.5) is 13.6 Å². The average Bonchev–Trinajstić information content (AvgIpc) is 4.07. The van der Waals surface area contributed by atoms with Crippen LogP contribution in [0.15, 0.2) is 121 Å². The molecule has 10 nitrogen and oxygen atoms in total. The summed E-state index contributed by atoms with van der Waals surface area (Å²) in [7, 11) is 0. The van der Waals surface area contributed by atoms with Crippen molar-refractivity contribution in [1.29, 1.82) is 0 Å². The number of ether oxygens (including phenoxy) is 1. The highest BCUT2D eigenvalue weighted by Crippen LogP contribution is 2.58. The topological polar surface area (TPSA) is 135 Å². The number of carbonyl (C=O) groups is 1. The van der Waals surface area contributed by atoms with Crippen molar-refractivity contribution in [2.45, 2.75) is 109 Å². The minimum Gasteiger partial charge on any atom is -0.445 e. The normalized spacial score (nSPS) is 23.5. The highest BCUT2D eigenvalue weighted by molar-refractivity contribution is 5.67. The van der Waals surface area contributed by atoms with Gasteiger partial charge in [0, 0.05) is 17.4 Å². The maximum atomic E-state index is 13.4. The Hall–Kier alpha value is -6.21. The second-order valence-electron chi connectivity index (χ2n) is 19.1. The molecule has 0 saturated heterocycles. The molecule has 0 radical (unpaired) electrons. The van der Waals surface area contributed by atoms with E-state index in [-0.39, 0.29) is 35.7 Å². The number of nitrogens with zero attached hydrogens (tertiary/aromatic N) is 4. The van der Waals surface area contributed by atoms with Gasteiger partial charge in [0.15, 0.2) is 0 Å². The fourth-order valence-corrected chi connectivity index (χ4v) is 11.2. The number of aromatic nitrogens is 4. The average molecular weight is 908 g/mol. The first kappa shape index (κ1) is 45.9. The largest absolute Gasteiger partial charge is 0.445 e. The lowest BCUT2D eigenvalue weighted by atomic mass is 9.65. The van der Waals surface area contributed by atoms with E-state index in [9.17, 15) is 28.9 Å². The third kappa shape index (κ3) is 8.67. The van der Waals surface area contributed by atoms with Crippen molar-refractivity contribution >= 4 is 18.2 Å². The SMILES string of the molecule is CCNC(=O)OCc1ccccc1CC[C@]1(O)CCC2=Cc3c(cnn3-c3ccc(F)cc3)C[C@@]21C.C[C@]12Cc3cnn(-c4ccc(F)cc4)c3C=C1CC[C@@]2(O)CCc1ccccc1CO. The summed E-state index contributed by atoms with van der Waals surface area (Å²) in [6.07, 6.45) is 14.9. The molecule has 2 saturated carbocycles. The Kier molecular flexibility index (Phi) is 12.7. The quantitative estimate of drug-likeness (QED) is 0.0961. The van der Waals surface area contributed by atoms with Crippen molar-refractivity contribution in [3.8, 4) is 11.4 Å². The van der Waals surface area contributed by atoms with Gasteiger partial charge in [0.1, 0.15) is 18.2 Å². The number of amides is 1. The summed E-state index contributed by atoms with van der Waals surface area (Å²) in [5.74, 6) is -0.539. The Balaban J connectivity index is 0.000000170. The fourth-order valence-electron chi connectivity index (χ4n) is 11.2. The Labute approximate surface area is 390 Å². The highest BCUT2D eigenvalue weighted by Gasteiger charge is 2.56. The van der Waals surface area contributed by atoms with E-state index in [1.807, 2.05) is 77.2 Å². The minimum atomic E-state index is -0.859. The van der Waals surface area contributed by atoms with E-state index in [4.69, 9.17) is 4.74 Å². The van der Waals surface area contributed by atoms with Crippen molar-refractivity contribution in [2.24, 2.45) is 10.8 Å². The smallest absolute Gasteiger partial charge is 0.407 e. The molecule has 4 atom stereocenters. The second kappa shape index (κ2) is 18.5. The summed E-state index contributed by atoms with van der Waals surface area (Å²) in [6, 6.07) is 28.5. The Morgan fingerprint density at radius 2 is 1.10 bits per heavy atom. The molecule has 0 bridgehead atoms. The summed E-state index contributed by atoms with van der Waals surface area (Å²) in [5.41, 5.74) is 10.0. The van der Waals surface area contributed by atoms with Crippen molar-refractivity contribution in [1.82, 2.24) is 24.9 Å². The molecule has 1 amide bonds. The first-order valence-electron chi connectivity index (χ1n) is 23.4. The number of carbonyl (C=O) groups excluding carboxylic acids is 1. The summed E-state index contributed by atoms with van der Waals surface area (Å²) < 4.78 is 35.8. The predicted molar refractivity (Wildman–Crippen MR) is 254 cm³/mol. The number of halogens is 2. The third-order valence-corrected chi connectivity index (χ3v) is 15.4. The molecular formula is C55H59F2N5O5. The van der Waals surface area contributed by atoms with Gasteiger partial charge in [-0.1, -0.05) is 73.5 Å². The maximum Gasteiger partial charge on any atom is 0.407 e. The van der Waals surface area contributed by atoms with Crippen LogP contribution in [0.2, 0.25) is 0 Å². The van der Waals surface area contributed by atoms with Gasteiger partial charge in [-0.2, -0.15) is 10.2 Å². The molecule has 67 heavy (non-hydrogen) atoms. The number of fused-ring (bicyclic) bond motifs is 4. The molecule has 2 aromatic heterocycles. The first-order valence-corrected chi connectivity index (χ1v) is 23.4. The molecule has 0 aliphatic heterocycles. The van der Waals surface area contributed by atoms with E-state index >= 15 is 0 Å². The van der Waals surface area contributed by atoms with Gasteiger partial charge in [0.2, 0.25) is 0 Å². The molecule has 348 valence electrons. The zero-order valence-corrected chi connectivity index (χ0v) is 38.4. The lowest BCUT2D eigenvalue weighted by molar-refractivity contribution is -0.0464. The molecule has 4 aliphatic rings. The molecule has 10 rings (SSSR count). The van der Waals surface area contributed by atoms with Crippen LogP contribution in [0.5, 0.6) is 0 Å². The van der Waals surface area contributed by atoms with Crippen LogP contribution in [0, 0.1) is 22.5 Å². The Bertz CT molecular complexity index is 2830. The van der Waals surface area contributed by atoms with E-state index in [2.05, 4.69) is 41.5 Å². The van der Waals surface area contributed by atoms with Crippen LogP contribution in [0.3, 0.4) is 0 Å². The van der Waals surface area contributed by atoms with Gasteiger partial charge in [-0.3, -0.25) is 0 Å². The van der Waals surface area contributed by atoms with Gasteiger partial charge >= 0.3 is 6.09 Å². The molecule has 0 unspecified atom stereocenters. The number of alkyl carbamates (subject to hydrolysis) is 1. The van der Waals surface area contributed by atoms with E-state index in [1.165, 1.54) is 35.4 Å². The van der Waals surface area contributed by atoms with Crippen LogP contribution >= 0.6 is 0 Å². The van der Waals surface area contributed by atoms with Crippen molar-refractivity contribution in [3.63, 3.8) is 0 Å². The van der Waals surface area contributed by atoms with E-state index in [0.717, 1.165) is 88.2 Å². The van der Waals surface area contributed by atoms with Gasteiger partial charge in [-0.25, -0.2) is 22.9 Å². The molecule has 4 aliphatic carbocycles. The molecule has 12 heteroatoms. The Morgan fingerprint density at radius 1 is 0.672 bits per heavy atom. The minimum absolute atomic E-state index is 0.0168. The van der Waals surface area contributed by atoms with Gasteiger partial charge in [0.05, 0.1) is 53.0 Å². The monoisotopic (exact) mass is 907 g/mol. The summed E-state index contributed by atoms with van der Waals surface area (Å²) in [4.78, 5) is 11.8. The standard InChI is InChI=1S/C29H32FN3O3.C26H27FN2O2/c1-3-31-27(34)36-19-21-7-5-4-6-20(21)12-14-29(35)15-13-23-16-26-22(17-28(23,29)2)18-32-33(26)25-10-8-24(30)9-11-25;1-25-15-20-16-28-29(23-8-6-22(27)7-9-23)24(20)14-21(25)11-13-26(25,31)12-10-18-4-2-3-5-19(18)17-30/h4-11,16,18,35H,3,12-15,17,19H2,1-2H3,(H,31,34);2-9,14,16,30-31H,10-13,15,17H2,1H3/t28-,29-;25-,26-/m00/s1. The molecule has 0 spiro atoms. The summed E-state index contributed by atoms with van der Waals surface area (Å²) in [5, 5.41) is 45.2. The Morgan fingerprint density at radius 3 is 1.55 bits per heavy atom. The van der Waals surface area contributed by atoms with Crippen LogP contribution in [-0.2, 0) is 43.6 Å². The summed E-state index contributed by atoms with van der Waals surface area (Å²) >= 11 is 0. The van der Waals surface area contributed by atoms with Crippen LogP contribution < -0.4 is 5.32 Å². The van der Waals surface area contributed by atoms with Crippen molar-refractivity contribution < 1.29 is 33.6 Å². The van der Waals surface area contributed by atoms with Gasteiger partial charge < -0.3 is 25.4 Å². The van der Waals surface area contributed by atoms with E-state index in [0.29, 0.717) is 38.6 Å². The lowest BCUT2D eigenvalue weighted by Crippen LogP contribution is -2.45. The third-order valence-electron chi connectivity index (χ3n) is 15.4. The zero-order chi connectivity index (χ0) is 47.0. The number of benzene rings is 4. The number of nitrogens with one attached hydrogen (secondary N) is 1. The van der Waals surface area contributed by atoms with Gasteiger partial charge in [0.25, 0.3) is 0 Å². The van der Waals surface area contributed by atoms with Crippen LogP contribution in [0.1, 0.15) is 104 Å². The number of rotatable bonds is 12. The highest BCUT2D eigenvalue weighted by atomic mass is 19.1. The van der Waals surface area contributed by atoms with E-state index < -0.39 is 17.3 Å².